The molecule has 3 nitrogen and oxygen atoms in total. The van der Waals surface area contributed by atoms with Gasteiger partial charge in [-0.05, 0) is 18.6 Å². The van der Waals surface area contributed by atoms with Gasteiger partial charge in [0.1, 0.15) is 11.5 Å². The number of nitrogens with two attached hydrogens (primary N) is 1. The Morgan fingerprint density at radius 1 is 1.31 bits per heavy atom. The van der Waals surface area contributed by atoms with Crippen molar-refractivity contribution >= 4 is 15.9 Å². The lowest BCUT2D eigenvalue weighted by Gasteiger charge is -2.04. The Hall–Kier alpha value is -1.13. The lowest BCUT2D eigenvalue weighted by Crippen LogP contribution is -2.06. The molecule has 1 aromatic heterocycles. The molecule has 0 bridgehead atoms. The van der Waals surface area contributed by atoms with Crippen molar-refractivity contribution in [2.45, 2.75) is 18.9 Å². The molecule has 3 rings (SSSR count). The third-order valence-electron chi connectivity index (χ3n) is 2.97. The first-order valence-electron chi connectivity index (χ1n) is 5.25. The van der Waals surface area contributed by atoms with E-state index >= 15 is 0 Å². The average molecular weight is 279 g/mol. The summed E-state index contributed by atoms with van der Waals surface area (Å²) in [6.07, 6.45) is 1.86. The number of nitrogens with zero attached hydrogens (tertiary/aromatic N) is 1. The Morgan fingerprint density at radius 2 is 2.06 bits per heavy atom. The molecule has 2 N–H and O–H groups in total. The molecule has 1 aliphatic carbocycles. The monoisotopic (exact) mass is 278 g/mol. The lowest BCUT2D eigenvalue weighted by molar-refractivity contribution is 0.388. The number of hydrogen-bond donors (Lipinski definition) is 1. The van der Waals surface area contributed by atoms with Crippen LogP contribution in [-0.2, 0) is 6.42 Å². The zero-order chi connectivity index (χ0) is 11.1. The van der Waals surface area contributed by atoms with Crippen LogP contribution in [0.25, 0.3) is 11.3 Å². The fourth-order valence-corrected chi connectivity index (χ4v) is 2.41. The second-order valence-electron chi connectivity index (χ2n) is 4.02. The number of fused-ring (bicyclic) bond motifs is 1. The summed E-state index contributed by atoms with van der Waals surface area (Å²) in [4.78, 5) is 0. The minimum absolute atomic E-state index is 0.0693. The molecule has 1 aromatic carbocycles. The molecule has 0 spiro atoms. The first-order valence-corrected chi connectivity index (χ1v) is 6.05. The normalized spacial score (nSPS) is 18.8. The van der Waals surface area contributed by atoms with Gasteiger partial charge in [-0.3, -0.25) is 0 Å². The zero-order valence-corrected chi connectivity index (χ0v) is 10.2. The molecular formula is C12H11BrN2O. The summed E-state index contributed by atoms with van der Waals surface area (Å²) in [5.74, 6) is 0.949. The van der Waals surface area contributed by atoms with Gasteiger partial charge in [0, 0.05) is 28.1 Å². The van der Waals surface area contributed by atoms with E-state index in [9.17, 15) is 0 Å². The molecule has 0 aliphatic heterocycles. The van der Waals surface area contributed by atoms with Gasteiger partial charge in [0.2, 0.25) is 0 Å². The molecule has 1 unspecified atom stereocenters. The van der Waals surface area contributed by atoms with E-state index < -0.39 is 0 Å². The van der Waals surface area contributed by atoms with Gasteiger partial charge >= 0.3 is 0 Å². The molecule has 2 aromatic rings. The summed E-state index contributed by atoms with van der Waals surface area (Å²) in [6.45, 7) is 0. The second-order valence-corrected chi connectivity index (χ2v) is 4.94. The van der Waals surface area contributed by atoms with Crippen LogP contribution in [0.1, 0.15) is 23.8 Å². The van der Waals surface area contributed by atoms with Crippen LogP contribution in [0.4, 0.5) is 0 Å². The molecule has 4 heteroatoms. The van der Waals surface area contributed by atoms with E-state index in [1.807, 2.05) is 24.3 Å². The highest BCUT2D eigenvalue weighted by Gasteiger charge is 2.28. The standard InChI is InChI=1S/C12H11BrN2O/c13-8-3-1-7(2-4-8)12-11-9(14)5-6-10(11)16-15-12/h1-4,9H,5-6,14H2. The SMILES string of the molecule is NC1CCc2onc(-c3ccc(Br)cc3)c21. The minimum atomic E-state index is 0.0693. The van der Waals surface area contributed by atoms with Crippen molar-refractivity contribution in [3.63, 3.8) is 0 Å². The van der Waals surface area contributed by atoms with Crippen molar-refractivity contribution in [3.05, 3.63) is 40.1 Å². The molecule has 1 atom stereocenters. The van der Waals surface area contributed by atoms with Crippen LogP contribution in [0.15, 0.2) is 33.3 Å². The topological polar surface area (TPSA) is 52.0 Å². The van der Waals surface area contributed by atoms with Gasteiger partial charge in [0.05, 0.1) is 0 Å². The second kappa shape index (κ2) is 3.71. The minimum Gasteiger partial charge on any atom is -0.360 e. The summed E-state index contributed by atoms with van der Waals surface area (Å²) < 4.78 is 6.38. The molecular weight excluding hydrogens is 268 g/mol. The maximum absolute atomic E-state index is 6.05. The van der Waals surface area contributed by atoms with Gasteiger partial charge in [-0.2, -0.15) is 0 Å². The van der Waals surface area contributed by atoms with Crippen molar-refractivity contribution in [1.29, 1.82) is 0 Å². The van der Waals surface area contributed by atoms with E-state index in [-0.39, 0.29) is 6.04 Å². The van der Waals surface area contributed by atoms with E-state index in [4.69, 9.17) is 10.3 Å². The van der Waals surface area contributed by atoms with E-state index in [1.165, 1.54) is 0 Å². The Kier molecular flexibility index (Phi) is 2.33. The Morgan fingerprint density at radius 3 is 2.81 bits per heavy atom. The molecule has 0 fully saturated rings. The Labute approximate surface area is 102 Å². The maximum Gasteiger partial charge on any atom is 0.142 e. The summed E-state index contributed by atoms with van der Waals surface area (Å²) in [7, 11) is 0. The van der Waals surface area contributed by atoms with Crippen LogP contribution >= 0.6 is 15.9 Å². The summed E-state index contributed by atoms with van der Waals surface area (Å²) >= 11 is 3.41. The van der Waals surface area contributed by atoms with Crippen molar-refractivity contribution in [3.8, 4) is 11.3 Å². The molecule has 82 valence electrons. The van der Waals surface area contributed by atoms with Crippen LogP contribution in [0.3, 0.4) is 0 Å². The number of hydrogen-bond acceptors (Lipinski definition) is 3. The number of benzene rings is 1. The predicted molar refractivity (Wildman–Crippen MR) is 64.9 cm³/mol. The van der Waals surface area contributed by atoms with Crippen LogP contribution in [0.2, 0.25) is 0 Å². The first kappa shape index (κ1) is 10.1. The Bertz CT molecular complexity index is 518. The summed E-state index contributed by atoms with van der Waals surface area (Å²) in [5, 5.41) is 4.12. The van der Waals surface area contributed by atoms with Gasteiger partial charge < -0.3 is 10.3 Å². The molecule has 1 aliphatic rings. The third-order valence-corrected chi connectivity index (χ3v) is 3.50. The van der Waals surface area contributed by atoms with E-state index in [2.05, 4.69) is 21.1 Å². The van der Waals surface area contributed by atoms with Crippen LogP contribution in [0.5, 0.6) is 0 Å². The van der Waals surface area contributed by atoms with Crippen molar-refractivity contribution < 1.29 is 4.52 Å². The highest BCUT2D eigenvalue weighted by Crippen LogP contribution is 2.37. The quantitative estimate of drug-likeness (QED) is 0.872. The van der Waals surface area contributed by atoms with Crippen molar-refractivity contribution in [1.82, 2.24) is 5.16 Å². The van der Waals surface area contributed by atoms with Crippen LogP contribution in [0, 0.1) is 0 Å². The zero-order valence-electron chi connectivity index (χ0n) is 8.61. The predicted octanol–water partition coefficient (Wildman–Crippen LogP) is 3.05. The van der Waals surface area contributed by atoms with Gasteiger partial charge in [-0.25, -0.2) is 0 Å². The fraction of sp³-hybridized carbons (Fsp3) is 0.250. The molecule has 0 saturated carbocycles. The van der Waals surface area contributed by atoms with Crippen LogP contribution < -0.4 is 5.73 Å². The number of aromatic nitrogens is 1. The molecule has 0 radical (unpaired) electrons. The fourth-order valence-electron chi connectivity index (χ4n) is 2.14. The molecule has 0 saturated heterocycles. The lowest BCUT2D eigenvalue weighted by atomic mass is 10.0. The van der Waals surface area contributed by atoms with E-state index in [0.29, 0.717) is 0 Å². The number of halogens is 1. The number of aryl methyl sites for hydroxylation is 1. The smallest absolute Gasteiger partial charge is 0.142 e. The van der Waals surface area contributed by atoms with Crippen molar-refractivity contribution in [2.75, 3.05) is 0 Å². The Balaban J connectivity index is 2.11. The van der Waals surface area contributed by atoms with Gasteiger partial charge in [0.15, 0.2) is 0 Å². The summed E-state index contributed by atoms with van der Waals surface area (Å²) in [5.41, 5.74) is 9.09. The largest absolute Gasteiger partial charge is 0.360 e. The molecule has 1 heterocycles. The van der Waals surface area contributed by atoms with E-state index in [1.54, 1.807) is 0 Å². The third kappa shape index (κ3) is 1.49. The molecule has 0 amide bonds. The van der Waals surface area contributed by atoms with Gasteiger partial charge in [-0.15, -0.1) is 0 Å². The van der Waals surface area contributed by atoms with Crippen molar-refractivity contribution in [2.24, 2.45) is 5.73 Å². The van der Waals surface area contributed by atoms with E-state index in [0.717, 1.165) is 39.9 Å². The highest BCUT2D eigenvalue weighted by molar-refractivity contribution is 9.10. The first-order chi connectivity index (χ1) is 7.75. The van der Waals surface area contributed by atoms with Gasteiger partial charge in [-0.1, -0.05) is 33.2 Å². The highest BCUT2D eigenvalue weighted by atomic mass is 79.9. The number of rotatable bonds is 1. The summed E-state index contributed by atoms with van der Waals surface area (Å²) in [6, 6.07) is 8.11. The average Bonchev–Trinajstić information content (AvgIpc) is 2.84. The molecule has 16 heavy (non-hydrogen) atoms. The maximum atomic E-state index is 6.05. The van der Waals surface area contributed by atoms with Crippen LogP contribution in [-0.4, -0.2) is 5.16 Å². The van der Waals surface area contributed by atoms with Gasteiger partial charge in [0.25, 0.3) is 0 Å².